The number of carbonyl (C=O) groups excluding carboxylic acids is 2. The molecule has 3 rings (SSSR count). The second-order valence-corrected chi connectivity index (χ2v) is 5.83. The summed E-state index contributed by atoms with van der Waals surface area (Å²) < 4.78 is 4.95. The summed E-state index contributed by atoms with van der Waals surface area (Å²) in [6, 6.07) is 7.28. The number of anilines is 1. The Morgan fingerprint density at radius 1 is 1.33 bits per heavy atom. The summed E-state index contributed by atoms with van der Waals surface area (Å²) in [5.74, 6) is -0.417. The number of aromatic amines is 1. The van der Waals surface area contributed by atoms with Crippen molar-refractivity contribution in [3.63, 3.8) is 0 Å². The van der Waals surface area contributed by atoms with E-state index in [1.54, 1.807) is 13.0 Å². The first-order valence-electron chi connectivity index (χ1n) is 8.09. The summed E-state index contributed by atoms with van der Waals surface area (Å²) in [5, 5.41) is 13.7. The van der Waals surface area contributed by atoms with Gasteiger partial charge in [0.05, 0.1) is 24.4 Å². The van der Waals surface area contributed by atoms with Gasteiger partial charge in [0.25, 0.3) is 0 Å². The summed E-state index contributed by atoms with van der Waals surface area (Å²) in [5.41, 5.74) is 3.33. The highest BCUT2D eigenvalue weighted by Crippen LogP contribution is 2.23. The van der Waals surface area contributed by atoms with Gasteiger partial charge in [-0.3, -0.25) is 9.59 Å². The monoisotopic (exact) mass is 328 g/mol. The summed E-state index contributed by atoms with van der Waals surface area (Å²) in [6.45, 7) is 2.14. The van der Waals surface area contributed by atoms with E-state index >= 15 is 0 Å². The van der Waals surface area contributed by atoms with E-state index in [1.165, 1.54) is 0 Å². The summed E-state index contributed by atoms with van der Waals surface area (Å²) in [6.07, 6.45) is 2.31. The van der Waals surface area contributed by atoms with Gasteiger partial charge in [0.15, 0.2) is 0 Å². The zero-order valence-electron chi connectivity index (χ0n) is 13.5. The predicted octanol–water partition coefficient (Wildman–Crippen LogP) is 1.65. The van der Waals surface area contributed by atoms with E-state index in [2.05, 4.69) is 20.7 Å². The maximum atomic E-state index is 12.5. The molecule has 1 amide bonds. The molecule has 0 saturated heterocycles. The maximum Gasteiger partial charge on any atom is 0.310 e. The number of rotatable bonds is 5. The van der Waals surface area contributed by atoms with E-state index in [9.17, 15) is 9.59 Å². The number of hydrogen-bond donors (Lipinski definition) is 2. The molecular weight excluding hydrogens is 308 g/mol. The molecule has 7 heteroatoms. The first kappa shape index (κ1) is 16.2. The average molecular weight is 328 g/mol. The molecule has 0 saturated carbocycles. The van der Waals surface area contributed by atoms with E-state index in [4.69, 9.17) is 4.74 Å². The molecular formula is C17H20N4O3. The fourth-order valence-corrected chi connectivity index (χ4v) is 2.89. The molecule has 2 N–H and O–H groups in total. The Hall–Kier alpha value is -2.70. The van der Waals surface area contributed by atoms with Gasteiger partial charge >= 0.3 is 5.97 Å². The van der Waals surface area contributed by atoms with Gasteiger partial charge < -0.3 is 10.1 Å². The van der Waals surface area contributed by atoms with Gasteiger partial charge in [-0.15, -0.1) is 0 Å². The molecule has 0 radical (unpaired) electrons. The van der Waals surface area contributed by atoms with Gasteiger partial charge in [0.1, 0.15) is 0 Å². The third kappa shape index (κ3) is 3.79. The van der Waals surface area contributed by atoms with Crippen molar-refractivity contribution in [1.29, 1.82) is 0 Å². The van der Waals surface area contributed by atoms with Crippen LogP contribution in [-0.4, -0.2) is 33.9 Å². The molecule has 1 aliphatic rings. The first-order chi connectivity index (χ1) is 11.7. The first-order valence-corrected chi connectivity index (χ1v) is 8.09. The van der Waals surface area contributed by atoms with E-state index in [1.807, 2.05) is 18.2 Å². The van der Waals surface area contributed by atoms with Gasteiger partial charge in [0.2, 0.25) is 5.91 Å². The van der Waals surface area contributed by atoms with Crippen LogP contribution in [0.4, 0.5) is 5.69 Å². The number of aromatic nitrogens is 3. The van der Waals surface area contributed by atoms with Gasteiger partial charge in [-0.25, -0.2) is 0 Å². The van der Waals surface area contributed by atoms with Crippen molar-refractivity contribution in [1.82, 2.24) is 15.4 Å². The molecule has 0 aliphatic heterocycles. The SMILES string of the molecule is CCOC(=O)Cc1cccc(NC(=O)[C@H]2CCc3n[nH]nc3C2)c1. The molecule has 7 nitrogen and oxygen atoms in total. The third-order valence-corrected chi connectivity index (χ3v) is 4.09. The number of H-pyrrole nitrogens is 1. The topological polar surface area (TPSA) is 97.0 Å². The van der Waals surface area contributed by atoms with E-state index < -0.39 is 0 Å². The fourth-order valence-electron chi connectivity index (χ4n) is 2.89. The lowest BCUT2D eigenvalue weighted by atomic mass is 9.89. The van der Waals surface area contributed by atoms with Gasteiger partial charge in [0, 0.05) is 18.0 Å². The molecule has 2 aromatic rings. The molecule has 1 atom stereocenters. The van der Waals surface area contributed by atoms with Gasteiger partial charge in [-0.1, -0.05) is 12.1 Å². The summed E-state index contributed by atoms with van der Waals surface area (Å²) in [4.78, 5) is 24.0. The highest BCUT2D eigenvalue weighted by molar-refractivity contribution is 5.93. The number of hydrogen-bond acceptors (Lipinski definition) is 5. The Labute approximate surface area is 139 Å². The number of amides is 1. The Balaban J connectivity index is 1.61. The van der Waals surface area contributed by atoms with Crippen LogP contribution in [0.1, 0.15) is 30.3 Å². The number of carbonyl (C=O) groups is 2. The van der Waals surface area contributed by atoms with Crippen molar-refractivity contribution in [2.75, 3.05) is 11.9 Å². The quantitative estimate of drug-likeness (QED) is 0.814. The van der Waals surface area contributed by atoms with Crippen LogP contribution in [0.5, 0.6) is 0 Å². The number of fused-ring (bicyclic) bond motifs is 1. The fraction of sp³-hybridized carbons (Fsp3) is 0.412. The Morgan fingerprint density at radius 2 is 2.17 bits per heavy atom. The Bertz CT molecular complexity index is 741. The highest BCUT2D eigenvalue weighted by Gasteiger charge is 2.27. The number of benzene rings is 1. The van der Waals surface area contributed by atoms with Crippen LogP contribution < -0.4 is 5.32 Å². The maximum absolute atomic E-state index is 12.5. The van der Waals surface area contributed by atoms with Gasteiger partial charge in [-0.05, 0) is 37.5 Å². The Morgan fingerprint density at radius 3 is 3.00 bits per heavy atom. The average Bonchev–Trinajstić information content (AvgIpc) is 3.03. The van der Waals surface area contributed by atoms with E-state index in [0.29, 0.717) is 18.7 Å². The molecule has 1 aromatic heterocycles. The van der Waals surface area contributed by atoms with Crippen LogP contribution in [0.25, 0.3) is 0 Å². The van der Waals surface area contributed by atoms with Crippen molar-refractivity contribution >= 4 is 17.6 Å². The molecule has 24 heavy (non-hydrogen) atoms. The van der Waals surface area contributed by atoms with Crippen molar-refractivity contribution < 1.29 is 14.3 Å². The van der Waals surface area contributed by atoms with E-state index in [-0.39, 0.29) is 24.2 Å². The molecule has 1 aliphatic carbocycles. The Kier molecular flexibility index (Phi) is 4.88. The standard InChI is InChI=1S/C17H20N4O3/c1-2-24-16(22)9-11-4-3-5-13(8-11)18-17(23)12-6-7-14-15(10-12)20-21-19-14/h3-5,8,12H,2,6-7,9-10H2,1H3,(H,18,23)(H,19,20,21)/t12-/m0/s1. The second kappa shape index (κ2) is 7.25. The second-order valence-electron chi connectivity index (χ2n) is 5.83. The van der Waals surface area contributed by atoms with Crippen LogP contribution >= 0.6 is 0 Å². The van der Waals surface area contributed by atoms with E-state index in [0.717, 1.165) is 29.8 Å². The van der Waals surface area contributed by atoms with Crippen LogP contribution in [0.15, 0.2) is 24.3 Å². The van der Waals surface area contributed by atoms with Crippen LogP contribution in [0.3, 0.4) is 0 Å². The normalized spacial score (nSPS) is 16.3. The lowest BCUT2D eigenvalue weighted by molar-refractivity contribution is -0.142. The zero-order valence-corrected chi connectivity index (χ0v) is 13.5. The molecule has 1 aromatic carbocycles. The molecule has 0 fully saturated rings. The number of aryl methyl sites for hydroxylation is 1. The third-order valence-electron chi connectivity index (χ3n) is 4.09. The van der Waals surface area contributed by atoms with Crippen LogP contribution in [-0.2, 0) is 33.6 Å². The lowest BCUT2D eigenvalue weighted by Crippen LogP contribution is -2.28. The van der Waals surface area contributed by atoms with Crippen LogP contribution in [0, 0.1) is 5.92 Å². The number of nitrogens with zero attached hydrogens (tertiary/aromatic N) is 2. The predicted molar refractivity (Wildman–Crippen MR) is 87.3 cm³/mol. The molecule has 1 heterocycles. The van der Waals surface area contributed by atoms with Crippen molar-refractivity contribution in [2.24, 2.45) is 5.92 Å². The molecule has 0 unspecified atom stereocenters. The number of esters is 1. The smallest absolute Gasteiger partial charge is 0.310 e. The summed E-state index contributed by atoms with van der Waals surface area (Å²) >= 11 is 0. The molecule has 0 bridgehead atoms. The number of nitrogens with one attached hydrogen (secondary N) is 2. The minimum absolute atomic E-state index is 0.0306. The van der Waals surface area contributed by atoms with Crippen molar-refractivity contribution in [3.8, 4) is 0 Å². The molecule has 126 valence electrons. The lowest BCUT2D eigenvalue weighted by Gasteiger charge is -2.19. The van der Waals surface area contributed by atoms with Crippen molar-refractivity contribution in [3.05, 3.63) is 41.2 Å². The number of ether oxygens (including phenoxy) is 1. The van der Waals surface area contributed by atoms with Crippen LogP contribution in [0.2, 0.25) is 0 Å². The minimum atomic E-state index is -0.271. The largest absolute Gasteiger partial charge is 0.466 e. The highest BCUT2D eigenvalue weighted by atomic mass is 16.5. The van der Waals surface area contributed by atoms with Gasteiger partial charge in [-0.2, -0.15) is 15.4 Å². The zero-order chi connectivity index (χ0) is 16.9. The summed E-state index contributed by atoms with van der Waals surface area (Å²) in [7, 11) is 0. The minimum Gasteiger partial charge on any atom is -0.466 e. The van der Waals surface area contributed by atoms with Crippen molar-refractivity contribution in [2.45, 2.75) is 32.6 Å². The molecule has 0 spiro atoms.